The summed E-state index contributed by atoms with van der Waals surface area (Å²) in [5.74, 6) is 1.16. The number of hydrogen-bond donors (Lipinski definition) is 2. The van der Waals surface area contributed by atoms with Gasteiger partial charge in [-0.2, -0.15) is 0 Å². The topological polar surface area (TPSA) is 93.9 Å². The van der Waals surface area contributed by atoms with Gasteiger partial charge in [0, 0.05) is 29.7 Å². The molecule has 0 unspecified atom stereocenters. The summed E-state index contributed by atoms with van der Waals surface area (Å²) in [5, 5.41) is 22.6. The summed E-state index contributed by atoms with van der Waals surface area (Å²) in [6.07, 6.45) is 0. The Hall–Kier alpha value is -2.16. The van der Waals surface area contributed by atoms with Gasteiger partial charge in [0.15, 0.2) is 11.5 Å². The van der Waals surface area contributed by atoms with Crippen molar-refractivity contribution < 1.29 is 19.5 Å². The number of halogens is 1. The van der Waals surface area contributed by atoms with Crippen molar-refractivity contribution in [3.05, 3.63) is 62.1 Å². The number of nitrogens with zero attached hydrogens (tertiary/aromatic N) is 1. The molecule has 7 nitrogen and oxygen atoms in total. The van der Waals surface area contributed by atoms with Gasteiger partial charge < -0.3 is 19.9 Å². The summed E-state index contributed by atoms with van der Waals surface area (Å²) >= 11 is 3.50. The fourth-order valence-corrected chi connectivity index (χ4v) is 2.62. The molecule has 134 valence electrons. The molecule has 0 aromatic heterocycles. The molecular formula is C17H19BrN2O5. The predicted octanol–water partition coefficient (Wildman–Crippen LogP) is 3.03. The quantitative estimate of drug-likeness (QED) is 0.374. The first-order valence-electron chi connectivity index (χ1n) is 7.59. The Bertz CT molecular complexity index is 722. The maximum absolute atomic E-state index is 10.7. The number of benzene rings is 2. The average Bonchev–Trinajstić information content (AvgIpc) is 2.61. The second-order valence-electron chi connectivity index (χ2n) is 5.21. The Labute approximate surface area is 153 Å². The van der Waals surface area contributed by atoms with Crippen LogP contribution in [0.3, 0.4) is 0 Å². The summed E-state index contributed by atoms with van der Waals surface area (Å²) in [7, 11) is 1.56. The van der Waals surface area contributed by atoms with Crippen molar-refractivity contribution in [2.75, 3.05) is 20.3 Å². The van der Waals surface area contributed by atoms with Gasteiger partial charge >= 0.3 is 0 Å². The van der Waals surface area contributed by atoms with E-state index in [-0.39, 0.29) is 18.9 Å². The number of nitro benzene ring substituents is 1. The van der Waals surface area contributed by atoms with Crippen LogP contribution in [0, 0.1) is 10.1 Å². The zero-order valence-electron chi connectivity index (χ0n) is 13.7. The summed E-state index contributed by atoms with van der Waals surface area (Å²) in [6.45, 7) is 1.43. The standard InChI is InChI=1S/C17H19BrN2O5/c1-24-16-8-13(10-19-6-7-21)15(18)9-17(16)25-11-12-2-4-14(5-3-12)20(22)23/h2-5,8-9,19,21H,6-7,10-11H2,1H3. The van der Waals surface area contributed by atoms with E-state index in [1.165, 1.54) is 12.1 Å². The van der Waals surface area contributed by atoms with Crippen molar-refractivity contribution in [3.8, 4) is 11.5 Å². The normalized spacial score (nSPS) is 10.5. The van der Waals surface area contributed by atoms with Crippen molar-refractivity contribution in [2.45, 2.75) is 13.2 Å². The van der Waals surface area contributed by atoms with Crippen LogP contribution in [0.15, 0.2) is 40.9 Å². The van der Waals surface area contributed by atoms with Crippen molar-refractivity contribution in [1.29, 1.82) is 0 Å². The van der Waals surface area contributed by atoms with Gasteiger partial charge in [-0.15, -0.1) is 0 Å². The van der Waals surface area contributed by atoms with Gasteiger partial charge in [0.1, 0.15) is 6.61 Å². The van der Waals surface area contributed by atoms with E-state index in [2.05, 4.69) is 21.2 Å². The van der Waals surface area contributed by atoms with E-state index in [1.807, 2.05) is 12.1 Å². The molecule has 2 aromatic rings. The van der Waals surface area contributed by atoms with Gasteiger partial charge in [-0.3, -0.25) is 10.1 Å². The molecular weight excluding hydrogens is 392 g/mol. The van der Waals surface area contributed by atoms with Crippen molar-refractivity contribution >= 4 is 21.6 Å². The van der Waals surface area contributed by atoms with E-state index in [0.717, 1.165) is 15.6 Å². The zero-order valence-corrected chi connectivity index (χ0v) is 15.3. The van der Waals surface area contributed by atoms with Gasteiger partial charge in [-0.05, 0) is 35.4 Å². The second-order valence-corrected chi connectivity index (χ2v) is 6.06. The summed E-state index contributed by atoms with van der Waals surface area (Å²) in [4.78, 5) is 10.2. The first-order chi connectivity index (χ1) is 12.0. The van der Waals surface area contributed by atoms with Crippen molar-refractivity contribution in [2.24, 2.45) is 0 Å². The Morgan fingerprint density at radius 3 is 2.56 bits per heavy atom. The highest BCUT2D eigenvalue weighted by Gasteiger charge is 2.11. The molecule has 0 atom stereocenters. The molecule has 0 amide bonds. The second kappa shape index (κ2) is 9.36. The van der Waals surface area contributed by atoms with E-state index in [4.69, 9.17) is 14.6 Å². The number of ether oxygens (including phenoxy) is 2. The van der Waals surface area contributed by atoms with Crippen LogP contribution in [0.2, 0.25) is 0 Å². The fourth-order valence-electron chi connectivity index (χ4n) is 2.16. The number of aliphatic hydroxyl groups is 1. The molecule has 0 spiro atoms. The minimum atomic E-state index is -0.436. The molecule has 0 radical (unpaired) electrons. The third kappa shape index (κ3) is 5.42. The van der Waals surface area contributed by atoms with Gasteiger partial charge in [0.25, 0.3) is 5.69 Å². The molecule has 25 heavy (non-hydrogen) atoms. The minimum absolute atomic E-state index is 0.0452. The van der Waals surface area contributed by atoms with Gasteiger partial charge in [0.2, 0.25) is 0 Å². The summed E-state index contributed by atoms with van der Waals surface area (Å²) in [6, 6.07) is 9.89. The fraction of sp³-hybridized carbons (Fsp3) is 0.294. The largest absolute Gasteiger partial charge is 0.493 e. The molecule has 0 saturated carbocycles. The van der Waals surface area contributed by atoms with Gasteiger partial charge in [0.05, 0.1) is 18.6 Å². The number of non-ortho nitro benzene ring substituents is 1. The van der Waals surface area contributed by atoms with Crippen LogP contribution in [0.1, 0.15) is 11.1 Å². The lowest BCUT2D eigenvalue weighted by Gasteiger charge is -2.14. The predicted molar refractivity (Wildman–Crippen MR) is 96.9 cm³/mol. The molecule has 2 N–H and O–H groups in total. The van der Waals surface area contributed by atoms with E-state index >= 15 is 0 Å². The highest BCUT2D eigenvalue weighted by Crippen LogP contribution is 2.34. The van der Waals surface area contributed by atoms with Crippen LogP contribution in [-0.4, -0.2) is 30.3 Å². The number of nitro groups is 1. The van der Waals surface area contributed by atoms with Crippen molar-refractivity contribution in [3.63, 3.8) is 0 Å². The van der Waals surface area contributed by atoms with Gasteiger partial charge in [-0.1, -0.05) is 15.9 Å². The van der Waals surface area contributed by atoms with E-state index in [0.29, 0.717) is 24.6 Å². The summed E-state index contributed by atoms with van der Waals surface area (Å²) < 4.78 is 12.0. The lowest BCUT2D eigenvalue weighted by atomic mass is 10.2. The molecule has 0 heterocycles. The minimum Gasteiger partial charge on any atom is -0.493 e. The van der Waals surface area contributed by atoms with Crippen LogP contribution in [0.5, 0.6) is 11.5 Å². The summed E-state index contributed by atoms with van der Waals surface area (Å²) in [5.41, 5.74) is 1.84. The van der Waals surface area contributed by atoms with Crippen LogP contribution in [0.25, 0.3) is 0 Å². The Kier molecular flexibility index (Phi) is 7.17. The Morgan fingerprint density at radius 1 is 1.24 bits per heavy atom. The number of aliphatic hydroxyl groups excluding tert-OH is 1. The molecule has 8 heteroatoms. The molecule has 2 aromatic carbocycles. The molecule has 2 rings (SSSR count). The van der Waals surface area contributed by atoms with E-state index in [9.17, 15) is 10.1 Å². The Balaban J connectivity index is 2.07. The van der Waals surface area contributed by atoms with Crippen LogP contribution in [-0.2, 0) is 13.2 Å². The lowest BCUT2D eigenvalue weighted by molar-refractivity contribution is -0.384. The van der Waals surface area contributed by atoms with Gasteiger partial charge in [-0.25, -0.2) is 0 Å². The van der Waals surface area contributed by atoms with Crippen LogP contribution in [0.4, 0.5) is 5.69 Å². The van der Waals surface area contributed by atoms with Crippen molar-refractivity contribution in [1.82, 2.24) is 5.32 Å². The highest BCUT2D eigenvalue weighted by atomic mass is 79.9. The lowest BCUT2D eigenvalue weighted by Crippen LogP contribution is -2.17. The smallest absolute Gasteiger partial charge is 0.269 e. The average molecular weight is 411 g/mol. The number of methoxy groups -OCH3 is 1. The van der Waals surface area contributed by atoms with Crippen LogP contribution < -0.4 is 14.8 Å². The molecule has 0 fully saturated rings. The number of nitrogens with one attached hydrogen (secondary N) is 1. The maximum atomic E-state index is 10.7. The monoisotopic (exact) mass is 410 g/mol. The Morgan fingerprint density at radius 2 is 1.96 bits per heavy atom. The maximum Gasteiger partial charge on any atom is 0.269 e. The third-order valence-electron chi connectivity index (χ3n) is 3.48. The van der Waals surface area contributed by atoms with Crippen LogP contribution >= 0.6 is 15.9 Å². The third-order valence-corrected chi connectivity index (χ3v) is 4.22. The first-order valence-corrected chi connectivity index (χ1v) is 8.38. The molecule has 0 bridgehead atoms. The molecule has 0 saturated heterocycles. The number of hydrogen-bond acceptors (Lipinski definition) is 6. The zero-order chi connectivity index (χ0) is 18.2. The molecule has 0 aliphatic rings. The van der Waals surface area contributed by atoms with E-state index < -0.39 is 4.92 Å². The SMILES string of the molecule is COc1cc(CNCCO)c(Br)cc1OCc1ccc([N+](=O)[O-])cc1. The first kappa shape index (κ1) is 19.2. The highest BCUT2D eigenvalue weighted by molar-refractivity contribution is 9.10. The van der Waals surface area contributed by atoms with E-state index in [1.54, 1.807) is 19.2 Å². The number of rotatable bonds is 9. The molecule has 0 aliphatic carbocycles. The molecule has 0 aliphatic heterocycles.